The quantitative estimate of drug-likeness (QED) is 0.472. The minimum absolute atomic E-state index is 0.109. The van der Waals surface area contributed by atoms with E-state index in [0.29, 0.717) is 12.3 Å². The topological polar surface area (TPSA) is 112 Å². The SMILES string of the molecule is O=C(NCC12CC3CC(CC(C3)C1)C2)NNC(=O)C(=O)NCc1ccco1. The Morgan fingerprint density at radius 1 is 0.963 bits per heavy atom. The predicted octanol–water partition coefficient (Wildman–Crippen LogP) is 1.44. The fourth-order valence-corrected chi connectivity index (χ4v) is 5.65. The van der Waals surface area contributed by atoms with Gasteiger partial charge in [0.2, 0.25) is 0 Å². The molecule has 0 aliphatic heterocycles. The van der Waals surface area contributed by atoms with Gasteiger partial charge in [0.05, 0.1) is 12.8 Å². The van der Waals surface area contributed by atoms with Crippen LogP contribution in [0.1, 0.15) is 44.3 Å². The Balaban J connectivity index is 1.17. The summed E-state index contributed by atoms with van der Waals surface area (Å²) in [6.07, 6.45) is 9.14. The molecule has 0 radical (unpaired) electrons. The maximum Gasteiger partial charge on any atom is 0.333 e. The molecule has 27 heavy (non-hydrogen) atoms. The van der Waals surface area contributed by atoms with Crippen molar-refractivity contribution in [2.45, 2.75) is 45.1 Å². The average Bonchev–Trinajstić information content (AvgIpc) is 3.15. The summed E-state index contributed by atoms with van der Waals surface area (Å²) in [4.78, 5) is 35.5. The van der Waals surface area contributed by atoms with Gasteiger partial charge < -0.3 is 15.1 Å². The normalized spacial score (nSPS) is 30.6. The van der Waals surface area contributed by atoms with Crippen molar-refractivity contribution in [2.75, 3.05) is 6.54 Å². The van der Waals surface area contributed by atoms with Gasteiger partial charge in [-0.2, -0.15) is 0 Å². The van der Waals surface area contributed by atoms with E-state index in [1.807, 2.05) is 0 Å². The largest absolute Gasteiger partial charge is 0.467 e. The van der Waals surface area contributed by atoms with Crippen LogP contribution in [0.5, 0.6) is 0 Å². The minimum atomic E-state index is -0.925. The molecule has 4 aliphatic carbocycles. The second-order valence-corrected chi connectivity index (χ2v) is 8.44. The van der Waals surface area contributed by atoms with Crippen molar-refractivity contribution in [1.29, 1.82) is 0 Å². The second kappa shape index (κ2) is 7.25. The third-order valence-electron chi connectivity index (χ3n) is 6.29. The lowest BCUT2D eigenvalue weighted by Gasteiger charge is -2.56. The zero-order chi connectivity index (χ0) is 18.9. The van der Waals surface area contributed by atoms with Crippen molar-refractivity contribution in [3.05, 3.63) is 24.2 Å². The predicted molar refractivity (Wildman–Crippen MR) is 95.8 cm³/mol. The van der Waals surface area contributed by atoms with Gasteiger partial charge in [-0.15, -0.1) is 0 Å². The van der Waals surface area contributed by atoms with Crippen molar-refractivity contribution in [3.8, 4) is 0 Å². The third-order valence-corrected chi connectivity index (χ3v) is 6.29. The number of carbonyl (C=O) groups excluding carboxylic acids is 3. The van der Waals surface area contributed by atoms with Crippen LogP contribution in [-0.2, 0) is 16.1 Å². The summed E-state index contributed by atoms with van der Waals surface area (Å²) in [7, 11) is 0. The molecule has 0 spiro atoms. The first-order valence-electron chi connectivity index (χ1n) is 9.66. The third kappa shape index (κ3) is 4.09. The van der Waals surface area contributed by atoms with Crippen LogP contribution in [0.15, 0.2) is 22.8 Å². The molecule has 0 atom stereocenters. The molecule has 8 nitrogen and oxygen atoms in total. The number of amides is 4. The van der Waals surface area contributed by atoms with Crippen LogP contribution in [0.2, 0.25) is 0 Å². The number of nitrogens with one attached hydrogen (secondary N) is 4. The highest BCUT2D eigenvalue weighted by atomic mass is 16.3. The fraction of sp³-hybridized carbons (Fsp3) is 0.632. The summed E-state index contributed by atoms with van der Waals surface area (Å²) in [6.45, 7) is 0.736. The molecule has 4 amide bonds. The summed E-state index contributed by atoms with van der Waals surface area (Å²) in [5, 5.41) is 5.29. The van der Waals surface area contributed by atoms with Crippen molar-refractivity contribution >= 4 is 17.8 Å². The van der Waals surface area contributed by atoms with Gasteiger partial charge in [-0.1, -0.05) is 0 Å². The molecular formula is C19H26N4O4. The molecule has 8 heteroatoms. The second-order valence-electron chi connectivity index (χ2n) is 8.44. The summed E-state index contributed by atoms with van der Waals surface area (Å²) < 4.78 is 5.07. The minimum Gasteiger partial charge on any atom is -0.467 e. The zero-order valence-electron chi connectivity index (χ0n) is 15.3. The van der Waals surface area contributed by atoms with Crippen molar-refractivity contribution in [3.63, 3.8) is 0 Å². The van der Waals surface area contributed by atoms with E-state index < -0.39 is 17.8 Å². The van der Waals surface area contributed by atoms with E-state index in [-0.39, 0.29) is 12.0 Å². The molecular weight excluding hydrogens is 348 g/mol. The van der Waals surface area contributed by atoms with Crippen LogP contribution < -0.4 is 21.5 Å². The molecule has 4 N–H and O–H groups in total. The van der Waals surface area contributed by atoms with Gasteiger partial charge in [0.1, 0.15) is 5.76 Å². The van der Waals surface area contributed by atoms with Gasteiger partial charge in [-0.3, -0.25) is 15.0 Å². The first-order valence-corrected chi connectivity index (χ1v) is 9.66. The van der Waals surface area contributed by atoms with Crippen LogP contribution in [0.3, 0.4) is 0 Å². The van der Waals surface area contributed by atoms with E-state index >= 15 is 0 Å². The van der Waals surface area contributed by atoms with E-state index in [2.05, 4.69) is 21.5 Å². The highest BCUT2D eigenvalue weighted by Crippen LogP contribution is 2.59. The van der Waals surface area contributed by atoms with Crippen LogP contribution in [-0.4, -0.2) is 24.4 Å². The molecule has 1 aromatic heterocycles. The highest BCUT2D eigenvalue weighted by molar-refractivity contribution is 6.35. The standard InChI is InChI=1S/C19H26N4O4/c24-16(20-10-15-2-1-3-27-15)17(25)22-23-18(26)21-11-19-7-12-4-13(8-19)6-14(5-12)9-19/h1-3,12-14H,4-11H2,(H,20,24)(H,22,25)(H2,21,23,26). The van der Waals surface area contributed by atoms with Gasteiger partial charge in [-0.25, -0.2) is 10.2 Å². The molecule has 146 valence electrons. The summed E-state index contributed by atoms with van der Waals surface area (Å²) in [5.74, 6) is 1.23. The van der Waals surface area contributed by atoms with E-state index in [0.717, 1.165) is 17.8 Å². The van der Waals surface area contributed by atoms with Crippen LogP contribution >= 0.6 is 0 Å². The Bertz CT molecular complexity index is 680. The van der Waals surface area contributed by atoms with Gasteiger partial charge in [0, 0.05) is 6.54 Å². The lowest BCUT2D eigenvalue weighted by Crippen LogP contribution is -2.55. The Kier molecular flexibility index (Phi) is 4.80. The molecule has 0 aromatic carbocycles. The highest BCUT2D eigenvalue weighted by Gasteiger charge is 2.50. The molecule has 4 bridgehead atoms. The lowest BCUT2D eigenvalue weighted by atomic mass is 9.49. The maximum atomic E-state index is 12.0. The number of hydrogen-bond donors (Lipinski definition) is 4. The molecule has 5 rings (SSSR count). The molecule has 1 aromatic rings. The number of hydrazine groups is 1. The van der Waals surface area contributed by atoms with E-state index in [9.17, 15) is 14.4 Å². The van der Waals surface area contributed by atoms with E-state index in [1.165, 1.54) is 44.8 Å². The molecule has 0 saturated heterocycles. The van der Waals surface area contributed by atoms with Crippen molar-refractivity contribution < 1.29 is 18.8 Å². The molecule has 1 heterocycles. The zero-order valence-corrected chi connectivity index (χ0v) is 15.3. The number of carbonyl (C=O) groups is 3. The first-order chi connectivity index (χ1) is 13.0. The average molecular weight is 374 g/mol. The number of hydrogen-bond acceptors (Lipinski definition) is 4. The van der Waals surface area contributed by atoms with E-state index in [4.69, 9.17) is 4.42 Å². The monoisotopic (exact) mass is 374 g/mol. The van der Waals surface area contributed by atoms with Crippen LogP contribution in [0.4, 0.5) is 4.79 Å². The Morgan fingerprint density at radius 2 is 1.63 bits per heavy atom. The van der Waals surface area contributed by atoms with E-state index in [1.54, 1.807) is 12.1 Å². The molecule has 0 unspecified atom stereocenters. The number of furan rings is 1. The molecule has 4 fully saturated rings. The van der Waals surface area contributed by atoms with Gasteiger partial charge >= 0.3 is 17.8 Å². The Hall–Kier alpha value is -2.51. The van der Waals surface area contributed by atoms with Gasteiger partial charge in [0.15, 0.2) is 0 Å². The maximum absolute atomic E-state index is 12.0. The van der Waals surface area contributed by atoms with Crippen LogP contribution in [0.25, 0.3) is 0 Å². The first kappa shape index (κ1) is 17.9. The Labute approximate surface area is 157 Å². The summed E-state index contributed by atoms with van der Waals surface area (Å²) >= 11 is 0. The van der Waals surface area contributed by atoms with Gasteiger partial charge in [-0.05, 0) is 73.8 Å². The smallest absolute Gasteiger partial charge is 0.333 e. The fourth-order valence-electron chi connectivity index (χ4n) is 5.65. The molecule has 4 saturated carbocycles. The number of rotatable bonds is 4. The van der Waals surface area contributed by atoms with Crippen LogP contribution in [0, 0.1) is 23.2 Å². The summed E-state index contributed by atoms with van der Waals surface area (Å²) in [5.41, 5.74) is 4.60. The summed E-state index contributed by atoms with van der Waals surface area (Å²) in [6, 6.07) is 2.89. The Morgan fingerprint density at radius 3 is 2.22 bits per heavy atom. The lowest BCUT2D eigenvalue weighted by molar-refractivity contribution is -0.139. The number of urea groups is 1. The van der Waals surface area contributed by atoms with Crippen molar-refractivity contribution in [2.24, 2.45) is 23.2 Å². The van der Waals surface area contributed by atoms with Gasteiger partial charge in [0.25, 0.3) is 0 Å². The van der Waals surface area contributed by atoms with Crippen molar-refractivity contribution in [1.82, 2.24) is 21.5 Å². The molecule has 4 aliphatic rings.